The number of nitrogens with zero attached hydrogens (tertiary/aromatic N) is 1. The maximum atomic E-state index is 12.8. The molecule has 1 heterocycles. The fourth-order valence-corrected chi connectivity index (χ4v) is 4.87. The summed E-state index contributed by atoms with van der Waals surface area (Å²) in [6.45, 7) is 19.5. The summed E-state index contributed by atoms with van der Waals surface area (Å²) >= 11 is -2.56. The first-order chi connectivity index (χ1) is 10.7. The number of carbonyl (C=O) groups is 1. The summed E-state index contributed by atoms with van der Waals surface area (Å²) in [5.41, 5.74) is 0.255. The third-order valence-electron chi connectivity index (χ3n) is 6.95. The van der Waals surface area contributed by atoms with Crippen molar-refractivity contribution in [3.63, 3.8) is 0 Å². The molecular formula is C17H31N2O4S-. The van der Waals surface area contributed by atoms with Crippen LogP contribution < -0.4 is 5.48 Å². The summed E-state index contributed by atoms with van der Waals surface area (Å²) < 4.78 is 25.5. The predicted molar refractivity (Wildman–Crippen MR) is 94.3 cm³/mol. The van der Waals surface area contributed by atoms with Gasteiger partial charge < -0.3 is 4.55 Å². The van der Waals surface area contributed by atoms with E-state index in [0.29, 0.717) is 0 Å². The SMILES string of the molecule is C=CCONC(=O)C1N(S(=O)[O-])C(C)(C)C(C)(C)C(C)(C)C1(C)C. The van der Waals surface area contributed by atoms with Gasteiger partial charge >= 0.3 is 0 Å². The summed E-state index contributed by atoms with van der Waals surface area (Å²) in [6, 6.07) is -0.890. The second kappa shape index (κ2) is 6.52. The van der Waals surface area contributed by atoms with Crippen LogP contribution in [0.3, 0.4) is 0 Å². The third-order valence-corrected chi connectivity index (χ3v) is 7.94. The lowest BCUT2D eigenvalue weighted by Crippen LogP contribution is -2.76. The van der Waals surface area contributed by atoms with Crippen LogP contribution in [0.15, 0.2) is 12.7 Å². The second-order valence-electron chi connectivity index (χ2n) is 8.54. The number of rotatable bonds is 5. The molecule has 2 unspecified atom stereocenters. The van der Waals surface area contributed by atoms with E-state index in [2.05, 4.69) is 39.8 Å². The predicted octanol–water partition coefficient (Wildman–Crippen LogP) is 2.56. The van der Waals surface area contributed by atoms with Gasteiger partial charge in [-0.3, -0.25) is 13.8 Å². The number of nitrogens with one attached hydrogen (secondary N) is 1. The van der Waals surface area contributed by atoms with Crippen LogP contribution in [0.4, 0.5) is 0 Å². The van der Waals surface area contributed by atoms with Crippen molar-refractivity contribution in [1.82, 2.24) is 9.79 Å². The summed E-state index contributed by atoms with van der Waals surface area (Å²) in [4.78, 5) is 17.9. The maximum Gasteiger partial charge on any atom is 0.262 e. The van der Waals surface area contributed by atoms with Crippen molar-refractivity contribution in [3.8, 4) is 0 Å². The van der Waals surface area contributed by atoms with Gasteiger partial charge in [0.1, 0.15) is 6.04 Å². The molecule has 1 rings (SSSR count). The van der Waals surface area contributed by atoms with Gasteiger partial charge in [-0.15, -0.1) is 6.58 Å². The van der Waals surface area contributed by atoms with E-state index in [0.717, 1.165) is 0 Å². The smallest absolute Gasteiger partial charge is 0.262 e. The Morgan fingerprint density at radius 1 is 1.21 bits per heavy atom. The summed E-state index contributed by atoms with van der Waals surface area (Å²) in [6.07, 6.45) is 1.51. The van der Waals surface area contributed by atoms with E-state index in [1.54, 1.807) is 0 Å². The molecule has 0 saturated carbocycles. The van der Waals surface area contributed by atoms with Gasteiger partial charge in [0.25, 0.3) is 5.91 Å². The molecule has 0 aromatic heterocycles. The standard InChI is InChI=1S/C17H32N2O4S/c1-10-11-23-18-13(20)12-14(2,3)15(4,5)16(6,7)17(8,9)19(12)24(21)22/h10,12H,1,11H2,2-9H3,(H,18,20)(H,21,22)/p-1. The van der Waals surface area contributed by atoms with Gasteiger partial charge in [-0.25, -0.2) is 9.79 Å². The summed E-state index contributed by atoms with van der Waals surface area (Å²) in [5, 5.41) is 0. The molecule has 1 amide bonds. The van der Waals surface area contributed by atoms with Crippen molar-refractivity contribution >= 4 is 17.2 Å². The van der Waals surface area contributed by atoms with Crippen molar-refractivity contribution < 1.29 is 18.4 Å². The van der Waals surface area contributed by atoms with Crippen LogP contribution in [0.1, 0.15) is 55.4 Å². The molecular weight excluding hydrogens is 328 g/mol. The molecule has 140 valence electrons. The lowest BCUT2D eigenvalue weighted by Gasteiger charge is -2.69. The Labute approximate surface area is 148 Å². The van der Waals surface area contributed by atoms with Gasteiger partial charge in [0.2, 0.25) is 0 Å². The highest BCUT2D eigenvalue weighted by molar-refractivity contribution is 7.76. The zero-order chi connectivity index (χ0) is 19.1. The fourth-order valence-electron chi connectivity index (χ4n) is 3.74. The van der Waals surface area contributed by atoms with Crippen LogP contribution in [-0.2, 0) is 20.9 Å². The Kier molecular flexibility index (Phi) is 5.78. The lowest BCUT2D eigenvalue weighted by atomic mass is 9.45. The van der Waals surface area contributed by atoms with Crippen molar-refractivity contribution in [3.05, 3.63) is 12.7 Å². The summed E-state index contributed by atoms with van der Waals surface area (Å²) in [7, 11) is 0. The average molecular weight is 360 g/mol. The Balaban J connectivity index is 3.49. The molecule has 1 saturated heterocycles. The molecule has 1 N–H and O–H groups in total. The fraction of sp³-hybridized carbons (Fsp3) is 0.824. The van der Waals surface area contributed by atoms with E-state index >= 15 is 0 Å². The highest BCUT2D eigenvalue weighted by atomic mass is 32.2. The first kappa shape index (κ1) is 21.3. The molecule has 1 aliphatic rings. The Morgan fingerprint density at radius 2 is 1.71 bits per heavy atom. The van der Waals surface area contributed by atoms with Crippen molar-refractivity contribution in [2.24, 2.45) is 16.2 Å². The van der Waals surface area contributed by atoms with E-state index in [-0.39, 0.29) is 17.4 Å². The van der Waals surface area contributed by atoms with E-state index in [1.165, 1.54) is 10.4 Å². The zero-order valence-corrected chi connectivity index (χ0v) is 16.9. The lowest BCUT2D eigenvalue weighted by molar-refractivity contribution is -0.194. The topological polar surface area (TPSA) is 81.7 Å². The van der Waals surface area contributed by atoms with Crippen molar-refractivity contribution in [2.75, 3.05) is 6.61 Å². The van der Waals surface area contributed by atoms with Crippen LogP contribution in [-0.4, -0.2) is 37.2 Å². The molecule has 0 radical (unpaired) electrons. The molecule has 0 bridgehead atoms. The number of carbonyl (C=O) groups excluding carboxylic acids is 1. The van der Waals surface area contributed by atoms with Gasteiger partial charge in [0, 0.05) is 16.8 Å². The molecule has 24 heavy (non-hydrogen) atoms. The molecule has 1 aliphatic heterocycles. The normalized spacial score (nSPS) is 28.8. The van der Waals surface area contributed by atoms with Crippen molar-refractivity contribution in [2.45, 2.75) is 67.0 Å². The Hall–Kier alpha value is -0.760. The second-order valence-corrected chi connectivity index (χ2v) is 9.37. The summed E-state index contributed by atoms with van der Waals surface area (Å²) in [5.74, 6) is -0.470. The molecule has 2 atom stereocenters. The van der Waals surface area contributed by atoms with Crippen LogP contribution in [0, 0.1) is 16.2 Å². The molecule has 0 aromatic carbocycles. The first-order valence-corrected chi connectivity index (χ1v) is 9.12. The van der Waals surface area contributed by atoms with Crippen LogP contribution >= 0.6 is 0 Å². The number of hydrogen-bond acceptors (Lipinski definition) is 4. The monoisotopic (exact) mass is 359 g/mol. The number of piperidine rings is 1. The van der Waals surface area contributed by atoms with Crippen LogP contribution in [0.25, 0.3) is 0 Å². The Bertz CT molecular complexity index is 541. The minimum absolute atomic E-state index is 0.150. The zero-order valence-electron chi connectivity index (χ0n) is 16.1. The average Bonchev–Trinajstić information content (AvgIpc) is 2.41. The van der Waals surface area contributed by atoms with Crippen LogP contribution in [0.2, 0.25) is 0 Å². The molecule has 0 spiro atoms. The molecule has 0 aliphatic carbocycles. The molecule has 1 fully saturated rings. The number of hydroxylamine groups is 1. The van der Waals surface area contributed by atoms with Gasteiger partial charge in [0.15, 0.2) is 0 Å². The number of hydrogen-bond donors (Lipinski definition) is 1. The van der Waals surface area contributed by atoms with E-state index in [1.807, 2.05) is 27.7 Å². The highest BCUT2D eigenvalue weighted by Crippen LogP contribution is 2.64. The van der Waals surface area contributed by atoms with E-state index in [4.69, 9.17) is 4.84 Å². The Morgan fingerprint density at radius 3 is 2.12 bits per heavy atom. The maximum absolute atomic E-state index is 12.8. The van der Waals surface area contributed by atoms with Crippen LogP contribution in [0.5, 0.6) is 0 Å². The first-order valence-electron chi connectivity index (χ1n) is 8.09. The largest absolute Gasteiger partial charge is 0.760 e. The molecule has 6 nitrogen and oxygen atoms in total. The highest BCUT2D eigenvalue weighted by Gasteiger charge is 2.67. The minimum atomic E-state index is -2.56. The minimum Gasteiger partial charge on any atom is -0.760 e. The quantitative estimate of drug-likeness (QED) is 0.354. The van der Waals surface area contributed by atoms with Crippen molar-refractivity contribution in [1.29, 1.82) is 0 Å². The molecule has 0 aromatic rings. The number of amides is 1. The van der Waals surface area contributed by atoms with Gasteiger partial charge in [-0.1, -0.05) is 47.6 Å². The van der Waals surface area contributed by atoms with E-state index < -0.39 is 34.2 Å². The van der Waals surface area contributed by atoms with Gasteiger partial charge in [0.05, 0.1) is 6.61 Å². The third kappa shape index (κ3) is 2.85. The molecule has 7 heteroatoms. The van der Waals surface area contributed by atoms with Gasteiger partial charge in [-0.2, -0.15) is 0 Å². The van der Waals surface area contributed by atoms with Gasteiger partial charge in [-0.05, 0) is 30.1 Å². The van der Waals surface area contributed by atoms with E-state index in [9.17, 15) is 13.6 Å².